The number of hydrogen-bond acceptors (Lipinski definition) is 1. The van der Waals surface area contributed by atoms with Crippen molar-refractivity contribution in [1.29, 1.82) is 0 Å². The zero-order valence-corrected chi connectivity index (χ0v) is 13.2. The van der Waals surface area contributed by atoms with Crippen molar-refractivity contribution in [2.24, 2.45) is 22.7 Å². The molecule has 3 rings (SSSR count). The Balaban J connectivity index is 1.84. The van der Waals surface area contributed by atoms with Crippen LogP contribution < -0.4 is 0 Å². The minimum absolute atomic E-state index is 0.500. The highest BCUT2D eigenvalue weighted by Crippen LogP contribution is 2.60. The maximum Gasteiger partial charge on any atom is 0.0974 e. The van der Waals surface area contributed by atoms with E-state index in [1.54, 1.807) is 6.26 Å². The van der Waals surface area contributed by atoms with Crippen LogP contribution in [0.4, 0.5) is 0 Å². The number of furan rings is 1. The monoisotopic (exact) mass is 272 g/mol. The molecule has 20 heavy (non-hydrogen) atoms. The molecule has 1 aromatic rings. The molecule has 0 bridgehead atoms. The van der Waals surface area contributed by atoms with Crippen molar-refractivity contribution >= 4 is 6.08 Å². The lowest BCUT2D eigenvalue weighted by atomic mass is 9.48. The summed E-state index contributed by atoms with van der Waals surface area (Å²) in [6.07, 6.45) is 16.7. The Hall–Kier alpha value is -0.980. The molecule has 1 heteroatoms. The van der Waals surface area contributed by atoms with Gasteiger partial charge < -0.3 is 4.42 Å². The molecule has 1 nitrogen and oxygen atoms in total. The van der Waals surface area contributed by atoms with E-state index >= 15 is 0 Å². The smallest absolute Gasteiger partial charge is 0.0974 e. The second-order valence-electron chi connectivity index (χ2n) is 7.85. The standard InChI is InChI=1S/C19H28O/c1-18(2)11-5-12-19(3)16(6-4-7-17(18)19)9-8-15-10-13-20-14-15/h8-10,13-14,16-17H,4-7,11-12H2,1-3H3/b9-8+/t16-,17+,19-/m1/s1. The summed E-state index contributed by atoms with van der Waals surface area (Å²) in [7, 11) is 0. The molecule has 110 valence electrons. The topological polar surface area (TPSA) is 13.1 Å². The molecule has 2 aliphatic rings. The summed E-state index contributed by atoms with van der Waals surface area (Å²) >= 11 is 0. The Morgan fingerprint density at radius 3 is 2.75 bits per heavy atom. The van der Waals surface area contributed by atoms with Crippen molar-refractivity contribution in [2.45, 2.75) is 59.3 Å². The third kappa shape index (κ3) is 2.36. The van der Waals surface area contributed by atoms with Gasteiger partial charge in [-0.05, 0) is 54.4 Å². The van der Waals surface area contributed by atoms with Crippen molar-refractivity contribution in [1.82, 2.24) is 0 Å². The van der Waals surface area contributed by atoms with Gasteiger partial charge in [-0.3, -0.25) is 0 Å². The normalized spacial score (nSPS) is 37.0. The molecule has 1 heterocycles. The maximum atomic E-state index is 5.17. The molecular weight excluding hydrogens is 244 g/mol. The van der Waals surface area contributed by atoms with Crippen LogP contribution in [-0.4, -0.2) is 0 Å². The molecule has 0 unspecified atom stereocenters. The first-order valence-electron chi connectivity index (χ1n) is 8.23. The lowest BCUT2D eigenvalue weighted by Crippen LogP contribution is -2.48. The van der Waals surface area contributed by atoms with Gasteiger partial charge in [0.2, 0.25) is 0 Å². The van der Waals surface area contributed by atoms with Crippen molar-refractivity contribution in [2.75, 3.05) is 0 Å². The van der Waals surface area contributed by atoms with Gasteiger partial charge in [-0.15, -0.1) is 0 Å². The molecule has 0 aromatic carbocycles. The molecule has 0 saturated heterocycles. The molecule has 1 aromatic heterocycles. The number of fused-ring (bicyclic) bond motifs is 1. The summed E-state index contributed by atoms with van der Waals surface area (Å²) < 4.78 is 5.17. The maximum absolute atomic E-state index is 5.17. The minimum Gasteiger partial charge on any atom is -0.472 e. The van der Waals surface area contributed by atoms with Gasteiger partial charge in [0.05, 0.1) is 12.5 Å². The SMILES string of the molecule is CC1(C)CCC[C@]2(C)[C@@H](/C=C/c3ccoc3)CCC[C@@H]12. The van der Waals surface area contributed by atoms with Crippen LogP contribution in [0.2, 0.25) is 0 Å². The van der Waals surface area contributed by atoms with E-state index in [1.165, 1.54) is 44.1 Å². The molecule has 2 saturated carbocycles. The van der Waals surface area contributed by atoms with E-state index in [2.05, 4.69) is 32.9 Å². The first kappa shape index (κ1) is 14.0. The largest absolute Gasteiger partial charge is 0.472 e. The quantitative estimate of drug-likeness (QED) is 0.650. The van der Waals surface area contributed by atoms with Crippen LogP contribution in [0.5, 0.6) is 0 Å². The highest BCUT2D eigenvalue weighted by Gasteiger charge is 2.50. The zero-order valence-electron chi connectivity index (χ0n) is 13.2. The summed E-state index contributed by atoms with van der Waals surface area (Å²) in [5.41, 5.74) is 2.22. The van der Waals surface area contributed by atoms with Crippen LogP contribution in [0.1, 0.15) is 64.9 Å². The lowest BCUT2D eigenvalue weighted by molar-refractivity contribution is -0.0574. The third-order valence-electron chi connectivity index (χ3n) is 6.20. The summed E-state index contributed by atoms with van der Waals surface area (Å²) in [5.74, 6) is 1.62. The second-order valence-corrected chi connectivity index (χ2v) is 7.85. The summed E-state index contributed by atoms with van der Waals surface area (Å²) in [6, 6.07) is 2.05. The predicted octanol–water partition coefficient (Wildman–Crippen LogP) is 5.93. The van der Waals surface area contributed by atoms with Gasteiger partial charge >= 0.3 is 0 Å². The van der Waals surface area contributed by atoms with E-state index in [0.29, 0.717) is 10.8 Å². The van der Waals surface area contributed by atoms with E-state index in [1.807, 2.05) is 12.3 Å². The summed E-state index contributed by atoms with van der Waals surface area (Å²) in [6.45, 7) is 7.55. The zero-order chi connectivity index (χ0) is 14.2. The minimum atomic E-state index is 0.500. The van der Waals surface area contributed by atoms with Crippen LogP contribution in [0.25, 0.3) is 6.08 Å². The lowest BCUT2D eigenvalue weighted by Gasteiger charge is -2.56. The third-order valence-corrected chi connectivity index (χ3v) is 6.20. The van der Waals surface area contributed by atoms with Crippen molar-refractivity contribution in [3.05, 3.63) is 30.2 Å². The van der Waals surface area contributed by atoms with Gasteiger partial charge in [-0.2, -0.15) is 0 Å². The molecule has 2 fully saturated rings. The average molecular weight is 272 g/mol. The summed E-state index contributed by atoms with van der Waals surface area (Å²) in [5, 5.41) is 0. The van der Waals surface area contributed by atoms with Gasteiger partial charge in [0, 0.05) is 5.56 Å². The molecule has 0 N–H and O–H groups in total. The van der Waals surface area contributed by atoms with E-state index in [0.717, 1.165) is 11.8 Å². The molecule has 2 aliphatic carbocycles. The van der Waals surface area contributed by atoms with Gasteiger partial charge in [-0.1, -0.05) is 45.8 Å². The van der Waals surface area contributed by atoms with Crippen LogP contribution in [0, 0.1) is 22.7 Å². The average Bonchev–Trinajstić information content (AvgIpc) is 2.89. The number of hydrogen-bond donors (Lipinski definition) is 0. The molecule has 0 amide bonds. The first-order chi connectivity index (χ1) is 9.52. The Morgan fingerprint density at radius 2 is 2.00 bits per heavy atom. The Kier molecular flexibility index (Phi) is 3.56. The van der Waals surface area contributed by atoms with Gasteiger partial charge in [0.1, 0.15) is 0 Å². The van der Waals surface area contributed by atoms with Crippen LogP contribution in [0.15, 0.2) is 29.1 Å². The van der Waals surface area contributed by atoms with Gasteiger partial charge in [0.15, 0.2) is 0 Å². The summed E-state index contributed by atoms with van der Waals surface area (Å²) in [4.78, 5) is 0. The molecule has 0 spiro atoms. The van der Waals surface area contributed by atoms with E-state index in [9.17, 15) is 0 Å². The predicted molar refractivity (Wildman–Crippen MR) is 84.3 cm³/mol. The highest BCUT2D eigenvalue weighted by atomic mass is 16.3. The highest BCUT2D eigenvalue weighted by molar-refractivity contribution is 5.47. The fourth-order valence-electron chi connectivity index (χ4n) is 5.12. The van der Waals surface area contributed by atoms with Gasteiger partial charge in [-0.25, -0.2) is 0 Å². The fourth-order valence-corrected chi connectivity index (χ4v) is 5.12. The van der Waals surface area contributed by atoms with E-state index in [4.69, 9.17) is 4.42 Å². The van der Waals surface area contributed by atoms with Crippen LogP contribution in [0.3, 0.4) is 0 Å². The van der Waals surface area contributed by atoms with Crippen molar-refractivity contribution in [3.8, 4) is 0 Å². The Bertz CT molecular complexity index is 468. The first-order valence-corrected chi connectivity index (χ1v) is 8.23. The van der Waals surface area contributed by atoms with Crippen molar-refractivity contribution < 1.29 is 4.42 Å². The van der Waals surface area contributed by atoms with Gasteiger partial charge in [0.25, 0.3) is 0 Å². The Labute approximate surface area is 123 Å². The van der Waals surface area contributed by atoms with Crippen LogP contribution >= 0.6 is 0 Å². The second kappa shape index (κ2) is 5.09. The van der Waals surface area contributed by atoms with E-state index < -0.39 is 0 Å². The van der Waals surface area contributed by atoms with E-state index in [-0.39, 0.29) is 0 Å². The van der Waals surface area contributed by atoms with Crippen molar-refractivity contribution in [3.63, 3.8) is 0 Å². The fraction of sp³-hybridized carbons (Fsp3) is 0.684. The molecule has 0 radical (unpaired) electrons. The number of allylic oxidation sites excluding steroid dienone is 1. The number of rotatable bonds is 2. The molecule has 0 aliphatic heterocycles. The van der Waals surface area contributed by atoms with Crippen LogP contribution in [-0.2, 0) is 0 Å². The Morgan fingerprint density at radius 1 is 1.15 bits per heavy atom. The molecule has 3 atom stereocenters. The molecular formula is C19H28O.